The number of carbonyl (C=O) groups is 1. The highest BCUT2D eigenvalue weighted by molar-refractivity contribution is 6.30. The van der Waals surface area contributed by atoms with E-state index in [0.717, 1.165) is 5.69 Å². The van der Waals surface area contributed by atoms with Crippen molar-refractivity contribution in [3.63, 3.8) is 0 Å². The van der Waals surface area contributed by atoms with Gasteiger partial charge in [0.2, 0.25) is 0 Å². The molecular formula is C15H14ClNO2. The lowest BCUT2D eigenvalue weighted by atomic mass is 10.2. The van der Waals surface area contributed by atoms with Crippen LogP contribution in [0.25, 0.3) is 0 Å². The van der Waals surface area contributed by atoms with Crippen LogP contribution in [0.4, 0.5) is 5.69 Å². The molecule has 0 aliphatic carbocycles. The zero-order valence-corrected chi connectivity index (χ0v) is 11.5. The first-order valence-electron chi connectivity index (χ1n) is 5.79. The van der Waals surface area contributed by atoms with Gasteiger partial charge >= 0.3 is 0 Å². The van der Waals surface area contributed by atoms with Gasteiger partial charge in [-0.05, 0) is 36.4 Å². The van der Waals surface area contributed by atoms with Crippen molar-refractivity contribution >= 4 is 23.2 Å². The Bertz CT molecular complexity index is 581. The summed E-state index contributed by atoms with van der Waals surface area (Å²) in [7, 11) is 3.33. The summed E-state index contributed by atoms with van der Waals surface area (Å²) in [6.07, 6.45) is 0. The van der Waals surface area contributed by atoms with Crippen LogP contribution >= 0.6 is 11.6 Å². The van der Waals surface area contributed by atoms with Crippen LogP contribution in [0, 0.1) is 0 Å². The third kappa shape index (κ3) is 3.06. The largest absolute Gasteiger partial charge is 0.497 e. The van der Waals surface area contributed by atoms with Crippen molar-refractivity contribution < 1.29 is 9.53 Å². The maximum Gasteiger partial charge on any atom is 0.258 e. The van der Waals surface area contributed by atoms with Crippen LogP contribution in [0.1, 0.15) is 10.4 Å². The number of hydrogen-bond donors (Lipinski definition) is 0. The van der Waals surface area contributed by atoms with E-state index in [1.807, 2.05) is 24.3 Å². The van der Waals surface area contributed by atoms with Gasteiger partial charge in [0, 0.05) is 29.4 Å². The van der Waals surface area contributed by atoms with Crippen molar-refractivity contribution in [1.29, 1.82) is 0 Å². The molecular weight excluding hydrogens is 262 g/mol. The second-order valence-corrected chi connectivity index (χ2v) is 4.51. The van der Waals surface area contributed by atoms with Crippen LogP contribution in [-0.2, 0) is 0 Å². The molecule has 2 aromatic rings. The van der Waals surface area contributed by atoms with Crippen molar-refractivity contribution in [3.8, 4) is 5.75 Å². The fourth-order valence-electron chi connectivity index (χ4n) is 1.72. The van der Waals surface area contributed by atoms with Gasteiger partial charge in [0.25, 0.3) is 5.91 Å². The van der Waals surface area contributed by atoms with Gasteiger partial charge in [-0.1, -0.05) is 17.7 Å². The SMILES string of the molecule is COc1cccc(N(C)C(=O)c2ccc(Cl)cc2)c1. The molecule has 0 radical (unpaired) electrons. The third-order valence-corrected chi connectivity index (χ3v) is 3.09. The Labute approximate surface area is 117 Å². The van der Waals surface area contributed by atoms with Crippen LogP contribution < -0.4 is 9.64 Å². The van der Waals surface area contributed by atoms with Gasteiger partial charge < -0.3 is 9.64 Å². The van der Waals surface area contributed by atoms with E-state index in [-0.39, 0.29) is 5.91 Å². The quantitative estimate of drug-likeness (QED) is 0.856. The Balaban J connectivity index is 2.25. The molecule has 0 heterocycles. The minimum atomic E-state index is -0.0927. The summed E-state index contributed by atoms with van der Waals surface area (Å²) in [5, 5.41) is 0.612. The molecule has 2 aromatic carbocycles. The summed E-state index contributed by atoms with van der Waals surface area (Å²) < 4.78 is 5.15. The Morgan fingerprint density at radius 1 is 1.16 bits per heavy atom. The van der Waals surface area contributed by atoms with Crippen molar-refractivity contribution in [2.24, 2.45) is 0 Å². The van der Waals surface area contributed by atoms with Gasteiger partial charge in [0.05, 0.1) is 7.11 Å². The number of anilines is 1. The first kappa shape index (κ1) is 13.4. The molecule has 0 N–H and O–H groups in total. The molecule has 0 atom stereocenters. The van der Waals surface area contributed by atoms with Crippen LogP contribution in [-0.4, -0.2) is 20.1 Å². The number of nitrogens with zero attached hydrogens (tertiary/aromatic N) is 1. The minimum absolute atomic E-state index is 0.0927. The normalized spacial score (nSPS) is 10.1. The zero-order valence-electron chi connectivity index (χ0n) is 10.8. The van der Waals surface area contributed by atoms with E-state index in [9.17, 15) is 4.79 Å². The second-order valence-electron chi connectivity index (χ2n) is 4.07. The molecule has 0 fully saturated rings. The lowest BCUT2D eigenvalue weighted by Crippen LogP contribution is -2.26. The fourth-order valence-corrected chi connectivity index (χ4v) is 1.85. The van der Waals surface area contributed by atoms with Gasteiger partial charge in [-0.3, -0.25) is 4.79 Å². The molecule has 0 saturated heterocycles. The highest BCUT2D eigenvalue weighted by atomic mass is 35.5. The number of ether oxygens (including phenoxy) is 1. The Morgan fingerprint density at radius 2 is 1.84 bits per heavy atom. The lowest BCUT2D eigenvalue weighted by molar-refractivity contribution is 0.0993. The van der Waals surface area contributed by atoms with E-state index < -0.39 is 0 Å². The predicted octanol–water partition coefficient (Wildman–Crippen LogP) is 3.63. The summed E-state index contributed by atoms with van der Waals surface area (Å²) in [6, 6.07) is 14.2. The Kier molecular flexibility index (Phi) is 4.07. The van der Waals surface area contributed by atoms with Gasteiger partial charge in [-0.2, -0.15) is 0 Å². The highest BCUT2D eigenvalue weighted by Gasteiger charge is 2.13. The van der Waals surface area contributed by atoms with E-state index in [1.165, 1.54) is 0 Å². The maximum absolute atomic E-state index is 12.3. The standard InChI is InChI=1S/C15H14ClNO2/c1-17(13-4-3-5-14(10-13)19-2)15(18)11-6-8-12(16)9-7-11/h3-10H,1-2H3. The van der Waals surface area contributed by atoms with Gasteiger partial charge in [-0.25, -0.2) is 0 Å². The minimum Gasteiger partial charge on any atom is -0.497 e. The van der Waals surface area contributed by atoms with Crippen molar-refractivity contribution in [1.82, 2.24) is 0 Å². The monoisotopic (exact) mass is 275 g/mol. The van der Waals surface area contributed by atoms with E-state index >= 15 is 0 Å². The molecule has 19 heavy (non-hydrogen) atoms. The molecule has 0 saturated carbocycles. The zero-order chi connectivity index (χ0) is 13.8. The smallest absolute Gasteiger partial charge is 0.258 e. The Hall–Kier alpha value is -2.00. The number of amides is 1. The first-order valence-corrected chi connectivity index (χ1v) is 6.17. The molecule has 98 valence electrons. The van der Waals surface area contributed by atoms with Crippen LogP contribution in [0.3, 0.4) is 0 Å². The van der Waals surface area contributed by atoms with Crippen LogP contribution in [0.2, 0.25) is 5.02 Å². The molecule has 1 amide bonds. The number of hydrogen-bond acceptors (Lipinski definition) is 2. The average molecular weight is 276 g/mol. The summed E-state index contributed by atoms with van der Waals surface area (Å²) >= 11 is 5.81. The molecule has 0 bridgehead atoms. The van der Waals surface area contributed by atoms with Gasteiger partial charge in [0.15, 0.2) is 0 Å². The molecule has 0 aromatic heterocycles. The second kappa shape index (κ2) is 5.76. The number of rotatable bonds is 3. The van der Waals surface area contributed by atoms with E-state index in [2.05, 4.69) is 0 Å². The first-order chi connectivity index (χ1) is 9.11. The average Bonchev–Trinajstić information content (AvgIpc) is 2.46. The van der Waals surface area contributed by atoms with E-state index in [4.69, 9.17) is 16.3 Å². The van der Waals surface area contributed by atoms with Gasteiger partial charge in [0.1, 0.15) is 5.75 Å². The molecule has 3 nitrogen and oxygen atoms in total. The molecule has 0 spiro atoms. The summed E-state index contributed by atoms with van der Waals surface area (Å²) in [4.78, 5) is 13.9. The van der Waals surface area contributed by atoms with Crippen LogP contribution in [0.5, 0.6) is 5.75 Å². The number of halogens is 1. The maximum atomic E-state index is 12.3. The van der Waals surface area contributed by atoms with E-state index in [0.29, 0.717) is 16.3 Å². The third-order valence-electron chi connectivity index (χ3n) is 2.84. The number of methoxy groups -OCH3 is 1. The molecule has 0 unspecified atom stereocenters. The van der Waals surface area contributed by atoms with E-state index in [1.54, 1.807) is 43.3 Å². The highest BCUT2D eigenvalue weighted by Crippen LogP contribution is 2.21. The van der Waals surface area contributed by atoms with Crippen molar-refractivity contribution in [2.75, 3.05) is 19.1 Å². The molecule has 2 rings (SSSR count). The number of benzene rings is 2. The topological polar surface area (TPSA) is 29.5 Å². The van der Waals surface area contributed by atoms with Gasteiger partial charge in [-0.15, -0.1) is 0 Å². The summed E-state index contributed by atoms with van der Waals surface area (Å²) in [5.74, 6) is 0.623. The molecule has 0 aliphatic heterocycles. The summed E-state index contributed by atoms with van der Waals surface area (Å²) in [5.41, 5.74) is 1.37. The molecule has 0 aliphatic rings. The van der Waals surface area contributed by atoms with Crippen LogP contribution in [0.15, 0.2) is 48.5 Å². The predicted molar refractivity (Wildman–Crippen MR) is 77.2 cm³/mol. The summed E-state index contributed by atoms with van der Waals surface area (Å²) in [6.45, 7) is 0. The lowest BCUT2D eigenvalue weighted by Gasteiger charge is -2.18. The van der Waals surface area contributed by atoms with Crippen molar-refractivity contribution in [2.45, 2.75) is 0 Å². The fraction of sp³-hybridized carbons (Fsp3) is 0.133. The molecule has 4 heteroatoms. The number of carbonyl (C=O) groups excluding carboxylic acids is 1. The Morgan fingerprint density at radius 3 is 2.47 bits per heavy atom. The van der Waals surface area contributed by atoms with Crippen molar-refractivity contribution in [3.05, 3.63) is 59.1 Å².